The zero-order valence-electron chi connectivity index (χ0n) is 10.4. The van der Waals surface area contributed by atoms with Crippen LogP contribution < -0.4 is 5.32 Å². The normalized spacial score (nSPS) is 14.2. The maximum atomic E-state index is 13.2. The van der Waals surface area contributed by atoms with Gasteiger partial charge in [-0.15, -0.1) is 0 Å². The third-order valence-electron chi connectivity index (χ3n) is 2.85. The number of nitrogens with one attached hydrogen (secondary N) is 1. The molecule has 0 unspecified atom stereocenters. The number of aliphatic hydroxyl groups excluding tert-OH is 1. The maximum Gasteiger partial charge on any atom is 0.251 e. The Balaban J connectivity index is 2.90. The van der Waals surface area contributed by atoms with Crippen LogP contribution in [0.1, 0.15) is 36.2 Å². The molecule has 0 fully saturated rings. The van der Waals surface area contributed by atoms with Crippen LogP contribution in [0.2, 0.25) is 0 Å². The van der Waals surface area contributed by atoms with Gasteiger partial charge in [0, 0.05) is 5.56 Å². The van der Waals surface area contributed by atoms with E-state index < -0.39 is 11.4 Å². The van der Waals surface area contributed by atoms with Crippen LogP contribution in [0.3, 0.4) is 0 Å². The summed E-state index contributed by atoms with van der Waals surface area (Å²) in [6.45, 7) is 5.19. The van der Waals surface area contributed by atoms with Gasteiger partial charge >= 0.3 is 0 Å². The summed E-state index contributed by atoms with van der Waals surface area (Å²) in [4.78, 5) is 11.9. The number of amides is 1. The Morgan fingerprint density at radius 3 is 2.59 bits per heavy atom. The molecule has 4 heteroatoms. The first-order valence-electron chi connectivity index (χ1n) is 5.61. The van der Waals surface area contributed by atoms with Crippen LogP contribution in [0.15, 0.2) is 18.2 Å². The van der Waals surface area contributed by atoms with Crippen LogP contribution in [0.25, 0.3) is 0 Å². The standard InChI is InChI=1S/C13H18FNO2/c1-4-13(3,8-16)15-12(17)10-5-9(2)6-11(14)7-10/h5-7,16H,4,8H2,1-3H3,(H,15,17)/t13-/m1/s1. The zero-order valence-corrected chi connectivity index (χ0v) is 10.4. The summed E-state index contributed by atoms with van der Waals surface area (Å²) in [6.07, 6.45) is 0.601. The molecular weight excluding hydrogens is 221 g/mol. The Morgan fingerprint density at radius 2 is 2.12 bits per heavy atom. The van der Waals surface area contributed by atoms with Crippen LogP contribution in [0.5, 0.6) is 0 Å². The lowest BCUT2D eigenvalue weighted by Gasteiger charge is -2.27. The van der Waals surface area contributed by atoms with Crippen molar-refractivity contribution in [3.8, 4) is 0 Å². The van der Waals surface area contributed by atoms with Gasteiger partial charge in [-0.25, -0.2) is 4.39 Å². The minimum atomic E-state index is -0.669. The average molecular weight is 239 g/mol. The molecular formula is C13H18FNO2. The molecule has 0 aromatic heterocycles. The Hall–Kier alpha value is -1.42. The van der Waals surface area contributed by atoms with Crippen molar-refractivity contribution in [2.45, 2.75) is 32.7 Å². The van der Waals surface area contributed by atoms with Crippen LogP contribution >= 0.6 is 0 Å². The lowest BCUT2D eigenvalue weighted by atomic mass is 9.99. The highest BCUT2D eigenvalue weighted by molar-refractivity contribution is 5.94. The number of carbonyl (C=O) groups is 1. The first kappa shape index (κ1) is 13.6. The monoisotopic (exact) mass is 239 g/mol. The summed E-state index contributed by atoms with van der Waals surface area (Å²) < 4.78 is 13.2. The first-order chi connectivity index (χ1) is 7.90. The number of carbonyl (C=O) groups excluding carboxylic acids is 1. The van der Waals surface area contributed by atoms with Gasteiger partial charge < -0.3 is 10.4 Å². The maximum absolute atomic E-state index is 13.2. The molecule has 0 bridgehead atoms. The van der Waals surface area contributed by atoms with Crippen molar-refractivity contribution in [1.82, 2.24) is 5.32 Å². The summed E-state index contributed by atoms with van der Waals surface area (Å²) in [7, 11) is 0. The molecule has 1 rings (SSSR count). The van der Waals surface area contributed by atoms with E-state index in [0.717, 1.165) is 0 Å². The number of aliphatic hydroxyl groups is 1. The van der Waals surface area contributed by atoms with Gasteiger partial charge in [0.15, 0.2) is 0 Å². The van der Waals surface area contributed by atoms with Crippen molar-refractivity contribution in [1.29, 1.82) is 0 Å². The number of aryl methyl sites for hydroxylation is 1. The van der Waals surface area contributed by atoms with Gasteiger partial charge in [-0.05, 0) is 44.0 Å². The van der Waals surface area contributed by atoms with Gasteiger partial charge in [0.1, 0.15) is 5.82 Å². The molecule has 94 valence electrons. The van der Waals surface area contributed by atoms with Crippen LogP contribution in [0, 0.1) is 12.7 Å². The zero-order chi connectivity index (χ0) is 13.1. The summed E-state index contributed by atoms with van der Waals surface area (Å²) in [5.41, 5.74) is 0.296. The van der Waals surface area contributed by atoms with Crippen LogP contribution in [0.4, 0.5) is 4.39 Å². The van der Waals surface area contributed by atoms with Gasteiger partial charge in [0.2, 0.25) is 0 Å². The molecule has 0 spiro atoms. The number of hydrogen-bond donors (Lipinski definition) is 2. The fourth-order valence-corrected chi connectivity index (χ4v) is 1.45. The van der Waals surface area contributed by atoms with Crippen molar-refractivity contribution in [3.63, 3.8) is 0 Å². The fourth-order valence-electron chi connectivity index (χ4n) is 1.45. The van der Waals surface area contributed by atoms with E-state index in [1.165, 1.54) is 12.1 Å². The van der Waals surface area contributed by atoms with E-state index in [1.54, 1.807) is 19.9 Å². The highest BCUT2D eigenvalue weighted by Crippen LogP contribution is 2.12. The predicted octanol–water partition coefficient (Wildman–Crippen LogP) is 2.02. The van der Waals surface area contributed by atoms with Crippen LogP contribution in [-0.4, -0.2) is 23.2 Å². The van der Waals surface area contributed by atoms with E-state index in [9.17, 15) is 14.3 Å². The molecule has 0 saturated carbocycles. The van der Waals surface area contributed by atoms with Crippen molar-refractivity contribution < 1.29 is 14.3 Å². The molecule has 0 saturated heterocycles. The average Bonchev–Trinajstić information content (AvgIpc) is 2.27. The molecule has 1 amide bonds. The minimum absolute atomic E-state index is 0.149. The molecule has 2 N–H and O–H groups in total. The fraction of sp³-hybridized carbons (Fsp3) is 0.462. The highest BCUT2D eigenvalue weighted by atomic mass is 19.1. The molecule has 0 radical (unpaired) electrons. The smallest absolute Gasteiger partial charge is 0.251 e. The Labute approximate surface area is 101 Å². The van der Waals surface area contributed by atoms with E-state index in [-0.39, 0.29) is 18.1 Å². The quantitative estimate of drug-likeness (QED) is 0.844. The van der Waals surface area contributed by atoms with Gasteiger partial charge in [-0.3, -0.25) is 4.79 Å². The third-order valence-corrected chi connectivity index (χ3v) is 2.85. The lowest BCUT2D eigenvalue weighted by Crippen LogP contribution is -2.48. The summed E-state index contributed by atoms with van der Waals surface area (Å²) in [5, 5.41) is 11.9. The molecule has 0 aliphatic rings. The van der Waals surface area contributed by atoms with Crippen molar-refractivity contribution in [2.24, 2.45) is 0 Å². The van der Waals surface area contributed by atoms with Crippen molar-refractivity contribution in [3.05, 3.63) is 35.1 Å². The second-order valence-electron chi connectivity index (χ2n) is 4.54. The highest BCUT2D eigenvalue weighted by Gasteiger charge is 2.23. The van der Waals surface area contributed by atoms with E-state index in [4.69, 9.17) is 0 Å². The van der Waals surface area contributed by atoms with E-state index in [2.05, 4.69) is 5.32 Å². The van der Waals surface area contributed by atoms with Crippen LogP contribution in [-0.2, 0) is 0 Å². The van der Waals surface area contributed by atoms with Gasteiger partial charge in [-0.2, -0.15) is 0 Å². The molecule has 3 nitrogen and oxygen atoms in total. The third kappa shape index (κ3) is 3.53. The predicted molar refractivity (Wildman–Crippen MR) is 64.4 cm³/mol. The summed E-state index contributed by atoms with van der Waals surface area (Å²) >= 11 is 0. The Bertz CT molecular complexity index is 394. The van der Waals surface area contributed by atoms with Gasteiger partial charge in [0.25, 0.3) is 5.91 Å². The molecule has 0 aliphatic carbocycles. The molecule has 17 heavy (non-hydrogen) atoms. The number of hydrogen-bond acceptors (Lipinski definition) is 2. The van der Waals surface area contributed by atoms with Gasteiger partial charge in [-0.1, -0.05) is 6.92 Å². The molecule has 1 aromatic rings. The Kier molecular flexibility index (Phi) is 4.23. The SMILES string of the molecule is CC[C@](C)(CO)NC(=O)c1cc(C)cc(F)c1. The van der Waals surface area contributed by atoms with E-state index in [0.29, 0.717) is 12.0 Å². The Morgan fingerprint density at radius 1 is 1.47 bits per heavy atom. The van der Waals surface area contributed by atoms with E-state index >= 15 is 0 Å². The topological polar surface area (TPSA) is 49.3 Å². The van der Waals surface area contributed by atoms with E-state index in [1.807, 2.05) is 6.92 Å². The summed E-state index contributed by atoms with van der Waals surface area (Å²) in [5.74, 6) is -0.802. The number of benzene rings is 1. The molecule has 1 aromatic carbocycles. The number of halogens is 1. The summed E-state index contributed by atoms with van der Waals surface area (Å²) in [6, 6.07) is 4.17. The van der Waals surface area contributed by atoms with Gasteiger partial charge in [0.05, 0.1) is 12.1 Å². The lowest BCUT2D eigenvalue weighted by molar-refractivity contribution is 0.0847. The second-order valence-corrected chi connectivity index (χ2v) is 4.54. The molecule has 0 heterocycles. The number of rotatable bonds is 4. The largest absolute Gasteiger partial charge is 0.394 e. The molecule has 0 aliphatic heterocycles. The minimum Gasteiger partial charge on any atom is -0.394 e. The van der Waals surface area contributed by atoms with Crippen molar-refractivity contribution in [2.75, 3.05) is 6.61 Å². The van der Waals surface area contributed by atoms with Crippen molar-refractivity contribution >= 4 is 5.91 Å². The molecule has 1 atom stereocenters. The first-order valence-corrected chi connectivity index (χ1v) is 5.61. The second kappa shape index (κ2) is 5.27.